The van der Waals surface area contributed by atoms with Gasteiger partial charge < -0.3 is 16.6 Å². The van der Waals surface area contributed by atoms with Crippen molar-refractivity contribution >= 4 is 5.69 Å². The van der Waals surface area contributed by atoms with Gasteiger partial charge in [0.25, 0.3) is 5.69 Å². The zero-order chi connectivity index (χ0) is 14.0. The molecule has 19 heavy (non-hydrogen) atoms. The van der Waals surface area contributed by atoms with Crippen molar-refractivity contribution in [3.63, 3.8) is 0 Å². The van der Waals surface area contributed by atoms with E-state index in [1.807, 2.05) is 0 Å². The van der Waals surface area contributed by atoms with Crippen LogP contribution in [0.5, 0.6) is 5.75 Å². The van der Waals surface area contributed by atoms with Gasteiger partial charge in [-0.05, 0) is 25.3 Å². The van der Waals surface area contributed by atoms with Crippen LogP contribution in [-0.2, 0) is 6.42 Å². The molecule has 0 amide bonds. The Kier molecular flexibility index (Phi) is 3.73. The molecule has 2 unspecified atom stereocenters. The number of phenolic OH excluding ortho intramolecular Hbond substituents is 1. The molecular formula is C13H19N3O3. The molecule has 2 atom stereocenters. The molecule has 1 fully saturated rings. The van der Waals surface area contributed by atoms with Gasteiger partial charge in [-0.2, -0.15) is 0 Å². The highest BCUT2D eigenvalue weighted by Gasteiger charge is 2.35. The maximum Gasteiger partial charge on any atom is 0.269 e. The number of rotatable bonds is 3. The number of aromatic hydroxyl groups is 1. The van der Waals surface area contributed by atoms with Crippen molar-refractivity contribution in [2.75, 3.05) is 0 Å². The van der Waals surface area contributed by atoms with Crippen LogP contribution in [0.25, 0.3) is 0 Å². The number of nitrogens with two attached hydrogens (primary N) is 2. The Labute approximate surface area is 111 Å². The maximum atomic E-state index is 10.8. The molecule has 2 rings (SSSR count). The second-order valence-corrected chi connectivity index (χ2v) is 5.33. The summed E-state index contributed by atoms with van der Waals surface area (Å²) in [6.45, 7) is 0. The molecule has 1 saturated carbocycles. The highest BCUT2D eigenvalue weighted by Crippen LogP contribution is 2.32. The van der Waals surface area contributed by atoms with Gasteiger partial charge in [-0.3, -0.25) is 10.1 Å². The molecule has 0 heterocycles. The molecule has 104 valence electrons. The normalized spacial score (nSPS) is 27.2. The van der Waals surface area contributed by atoms with Crippen molar-refractivity contribution < 1.29 is 10.0 Å². The van der Waals surface area contributed by atoms with E-state index < -0.39 is 10.5 Å². The summed E-state index contributed by atoms with van der Waals surface area (Å²) in [5, 5.41) is 20.6. The van der Waals surface area contributed by atoms with Gasteiger partial charge in [0.2, 0.25) is 0 Å². The summed E-state index contributed by atoms with van der Waals surface area (Å²) in [6.07, 6.45) is 4.05. The molecule has 0 bridgehead atoms. The van der Waals surface area contributed by atoms with Gasteiger partial charge in [0.05, 0.1) is 4.92 Å². The third-order valence-corrected chi connectivity index (χ3v) is 3.94. The van der Waals surface area contributed by atoms with Crippen LogP contribution in [0.1, 0.15) is 31.2 Å². The Morgan fingerprint density at radius 3 is 2.84 bits per heavy atom. The summed E-state index contributed by atoms with van der Waals surface area (Å²) in [7, 11) is 0. The van der Waals surface area contributed by atoms with E-state index in [1.165, 1.54) is 18.2 Å². The van der Waals surface area contributed by atoms with E-state index in [0.717, 1.165) is 25.7 Å². The first-order valence-electron chi connectivity index (χ1n) is 6.43. The van der Waals surface area contributed by atoms with Crippen molar-refractivity contribution in [3.8, 4) is 5.75 Å². The van der Waals surface area contributed by atoms with E-state index in [0.29, 0.717) is 12.0 Å². The van der Waals surface area contributed by atoms with Gasteiger partial charge in [0.1, 0.15) is 5.75 Å². The van der Waals surface area contributed by atoms with E-state index in [9.17, 15) is 15.2 Å². The second-order valence-electron chi connectivity index (χ2n) is 5.33. The number of phenols is 1. The van der Waals surface area contributed by atoms with Crippen molar-refractivity contribution in [2.45, 2.75) is 43.7 Å². The standard InChI is InChI=1S/C13H19N3O3/c14-12-3-1-2-6-13(12,15)8-9-7-10(16(18)19)4-5-11(9)17/h4-5,7,12,17H,1-3,6,8,14-15H2. The van der Waals surface area contributed by atoms with Crippen molar-refractivity contribution in [1.82, 2.24) is 0 Å². The zero-order valence-corrected chi connectivity index (χ0v) is 10.7. The molecule has 0 aromatic heterocycles. The largest absolute Gasteiger partial charge is 0.508 e. The topological polar surface area (TPSA) is 115 Å². The Balaban J connectivity index is 2.26. The van der Waals surface area contributed by atoms with E-state index in [4.69, 9.17) is 11.5 Å². The third kappa shape index (κ3) is 2.85. The van der Waals surface area contributed by atoms with Crippen LogP contribution in [0.4, 0.5) is 5.69 Å². The summed E-state index contributed by atoms with van der Waals surface area (Å²) in [5.74, 6) is 0.0354. The summed E-state index contributed by atoms with van der Waals surface area (Å²) in [5.41, 5.74) is 12.3. The van der Waals surface area contributed by atoms with Crippen molar-refractivity contribution in [3.05, 3.63) is 33.9 Å². The van der Waals surface area contributed by atoms with Crippen LogP contribution in [-0.4, -0.2) is 21.6 Å². The van der Waals surface area contributed by atoms with Gasteiger partial charge in [-0.1, -0.05) is 12.8 Å². The Morgan fingerprint density at radius 2 is 2.21 bits per heavy atom. The van der Waals surface area contributed by atoms with Crippen LogP contribution >= 0.6 is 0 Å². The van der Waals surface area contributed by atoms with Gasteiger partial charge >= 0.3 is 0 Å². The fraction of sp³-hybridized carbons (Fsp3) is 0.538. The molecule has 1 aromatic rings. The summed E-state index contributed by atoms with van der Waals surface area (Å²) in [6, 6.07) is 3.86. The molecule has 1 aliphatic carbocycles. The number of nitro groups is 1. The molecule has 0 saturated heterocycles. The molecule has 6 nitrogen and oxygen atoms in total. The molecule has 1 aromatic carbocycles. The Bertz CT molecular complexity index is 492. The van der Waals surface area contributed by atoms with Gasteiger partial charge in [0.15, 0.2) is 0 Å². The minimum Gasteiger partial charge on any atom is -0.508 e. The highest BCUT2D eigenvalue weighted by molar-refractivity contribution is 5.44. The fourth-order valence-corrected chi connectivity index (χ4v) is 2.69. The average Bonchev–Trinajstić information content (AvgIpc) is 2.36. The average molecular weight is 265 g/mol. The molecular weight excluding hydrogens is 246 g/mol. The van der Waals surface area contributed by atoms with Crippen LogP contribution in [0, 0.1) is 10.1 Å². The maximum absolute atomic E-state index is 10.8. The first-order valence-corrected chi connectivity index (χ1v) is 6.43. The molecule has 0 radical (unpaired) electrons. The minimum atomic E-state index is -0.592. The lowest BCUT2D eigenvalue weighted by Crippen LogP contribution is -2.58. The highest BCUT2D eigenvalue weighted by atomic mass is 16.6. The summed E-state index contributed by atoms with van der Waals surface area (Å²) < 4.78 is 0. The molecule has 0 aliphatic heterocycles. The first-order chi connectivity index (χ1) is 8.92. The summed E-state index contributed by atoms with van der Waals surface area (Å²) in [4.78, 5) is 10.3. The quantitative estimate of drug-likeness (QED) is 0.565. The van der Waals surface area contributed by atoms with E-state index >= 15 is 0 Å². The van der Waals surface area contributed by atoms with E-state index in [2.05, 4.69) is 0 Å². The van der Waals surface area contributed by atoms with E-state index in [1.54, 1.807) is 0 Å². The van der Waals surface area contributed by atoms with Crippen molar-refractivity contribution in [1.29, 1.82) is 0 Å². The Morgan fingerprint density at radius 1 is 1.47 bits per heavy atom. The van der Waals surface area contributed by atoms with Crippen LogP contribution < -0.4 is 11.5 Å². The number of hydrogen-bond acceptors (Lipinski definition) is 5. The first kappa shape index (κ1) is 13.8. The van der Waals surface area contributed by atoms with Crippen LogP contribution in [0.2, 0.25) is 0 Å². The number of nitro benzene ring substituents is 1. The molecule has 1 aliphatic rings. The lowest BCUT2D eigenvalue weighted by Gasteiger charge is -2.39. The molecule has 0 spiro atoms. The van der Waals surface area contributed by atoms with Gasteiger partial charge in [-0.15, -0.1) is 0 Å². The SMILES string of the molecule is NC1CCCCC1(N)Cc1cc([N+](=O)[O-])ccc1O. The second kappa shape index (κ2) is 5.14. The minimum absolute atomic E-state index is 0.0354. The van der Waals surface area contributed by atoms with Gasteiger partial charge in [-0.25, -0.2) is 0 Å². The lowest BCUT2D eigenvalue weighted by molar-refractivity contribution is -0.384. The van der Waals surface area contributed by atoms with E-state index in [-0.39, 0.29) is 17.5 Å². The predicted octanol–water partition coefficient (Wildman–Crippen LogP) is 1.44. The Hall–Kier alpha value is -1.66. The van der Waals surface area contributed by atoms with Crippen LogP contribution in [0.15, 0.2) is 18.2 Å². The monoisotopic (exact) mass is 265 g/mol. The zero-order valence-electron chi connectivity index (χ0n) is 10.7. The lowest BCUT2D eigenvalue weighted by atomic mass is 9.75. The van der Waals surface area contributed by atoms with Crippen molar-refractivity contribution in [2.24, 2.45) is 11.5 Å². The number of benzene rings is 1. The fourth-order valence-electron chi connectivity index (χ4n) is 2.69. The smallest absolute Gasteiger partial charge is 0.269 e. The van der Waals surface area contributed by atoms with Crippen LogP contribution in [0.3, 0.4) is 0 Å². The predicted molar refractivity (Wildman–Crippen MR) is 71.8 cm³/mol. The number of non-ortho nitro benzene ring substituents is 1. The molecule has 6 heteroatoms. The number of hydrogen-bond donors (Lipinski definition) is 3. The van der Waals surface area contributed by atoms with Gasteiger partial charge in [0, 0.05) is 29.3 Å². The molecule has 5 N–H and O–H groups in total. The third-order valence-electron chi connectivity index (χ3n) is 3.94. The number of nitrogens with zero attached hydrogens (tertiary/aromatic N) is 1. The summed E-state index contributed by atoms with van der Waals surface area (Å²) >= 11 is 0.